The fourth-order valence-corrected chi connectivity index (χ4v) is 1.80. The molecule has 2 aromatic heterocycles. The van der Waals surface area contributed by atoms with Crippen molar-refractivity contribution in [2.45, 2.75) is 26.2 Å². The predicted octanol–water partition coefficient (Wildman–Crippen LogP) is 2.67. The summed E-state index contributed by atoms with van der Waals surface area (Å²) in [5.41, 5.74) is 1.10. The first-order chi connectivity index (χ1) is 9.16. The summed E-state index contributed by atoms with van der Waals surface area (Å²) >= 11 is 0. The molecule has 0 aliphatic rings. The van der Waals surface area contributed by atoms with Gasteiger partial charge in [-0.25, -0.2) is 9.97 Å². The van der Waals surface area contributed by atoms with Gasteiger partial charge in [0.15, 0.2) is 0 Å². The highest BCUT2D eigenvalue weighted by Gasteiger charge is 2.07. The second-order valence-corrected chi connectivity index (χ2v) is 4.92. The molecule has 2 rings (SSSR count). The number of hydrogen-bond donors (Lipinski definition) is 0. The zero-order valence-corrected chi connectivity index (χ0v) is 11.7. The van der Waals surface area contributed by atoms with Crippen molar-refractivity contribution in [2.24, 2.45) is 0 Å². The summed E-state index contributed by atoms with van der Waals surface area (Å²) < 4.78 is 0. The lowest BCUT2D eigenvalue weighted by Gasteiger charge is -2.18. The van der Waals surface area contributed by atoms with Crippen LogP contribution in [0.4, 0.5) is 5.82 Å². The Morgan fingerprint density at radius 3 is 2.63 bits per heavy atom. The van der Waals surface area contributed by atoms with Crippen LogP contribution in [-0.4, -0.2) is 28.5 Å². The van der Waals surface area contributed by atoms with Crippen molar-refractivity contribution in [2.75, 3.05) is 18.5 Å². The lowest BCUT2D eigenvalue weighted by atomic mass is 10.2. The first-order valence-electron chi connectivity index (χ1n) is 6.61. The van der Waals surface area contributed by atoms with Crippen LogP contribution in [0.3, 0.4) is 0 Å². The molecule has 0 fully saturated rings. The fourth-order valence-electron chi connectivity index (χ4n) is 1.80. The Kier molecular flexibility index (Phi) is 4.44. The number of anilines is 1. The van der Waals surface area contributed by atoms with Crippen LogP contribution in [0.25, 0.3) is 0 Å². The molecule has 0 spiro atoms. The van der Waals surface area contributed by atoms with E-state index in [2.05, 4.69) is 40.7 Å². The molecule has 2 heterocycles. The summed E-state index contributed by atoms with van der Waals surface area (Å²) in [6.07, 6.45) is 4.57. The molecule has 0 amide bonds. The summed E-state index contributed by atoms with van der Waals surface area (Å²) in [6, 6.07) is 7.95. The summed E-state index contributed by atoms with van der Waals surface area (Å²) in [4.78, 5) is 15.3. The van der Waals surface area contributed by atoms with Crippen LogP contribution >= 0.6 is 0 Å². The number of rotatable bonds is 5. The SMILES string of the molecule is CC(C)c1nccc(N(C)CCc2ccccn2)n1. The zero-order chi connectivity index (χ0) is 13.7. The van der Waals surface area contributed by atoms with E-state index in [-0.39, 0.29) is 0 Å². The third kappa shape index (κ3) is 3.74. The molecule has 19 heavy (non-hydrogen) atoms. The van der Waals surface area contributed by atoms with Crippen LogP contribution in [-0.2, 0) is 6.42 Å². The minimum atomic E-state index is 0.351. The van der Waals surface area contributed by atoms with Crippen molar-refractivity contribution in [3.63, 3.8) is 0 Å². The van der Waals surface area contributed by atoms with Gasteiger partial charge in [-0.1, -0.05) is 19.9 Å². The molecular formula is C15H20N4. The Labute approximate surface area is 114 Å². The highest BCUT2D eigenvalue weighted by atomic mass is 15.2. The molecular weight excluding hydrogens is 236 g/mol. The molecule has 0 N–H and O–H groups in total. The van der Waals surface area contributed by atoms with Gasteiger partial charge < -0.3 is 4.90 Å². The minimum Gasteiger partial charge on any atom is -0.359 e. The normalized spacial score (nSPS) is 10.7. The van der Waals surface area contributed by atoms with E-state index in [4.69, 9.17) is 0 Å². The van der Waals surface area contributed by atoms with Gasteiger partial charge in [0.25, 0.3) is 0 Å². The third-order valence-electron chi connectivity index (χ3n) is 3.00. The summed E-state index contributed by atoms with van der Waals surface area (Å²) in [5, 5.41) is 0. The Morgan fingerprint density at radius 1 is 1.11 bits per heavy atom. The van der Waals surface area contributed by atoms with E-state index in [1.54, 1.807) is 0 Å². The Hall–Kier alpha value is -1.97. The van der Waals surface area contributed by atoms with Crippen LogP contribution in [0.1, 0.15) is 31.3 Å². The summed E-state index contributed by atoms with van der Waals surface area (Å²) in [5.74, 6) is 2.21. The molecule has 4 nitrogen and oxygen atoms in total. The Bertz CT molecular complexity index is 511. The molecule has 0 atom stereocenters. The molecule has 100 valence electrons. The Morgan fingerprint density at radius 2 is 1.95 bits per heavy atom. The molecule has 2 aromatic rings. The van der Waals surface area contributed by atoms with Gasteiger partial charge in [0, 0.05) is 44.0 Å². The largest absolute Gasteiger partial charge is 0.359 e. The molecule has 4 heteroatoms. The van der Waals surface area contributed by atoms with E-state index < -0.39 is 0 Å². The van der Waals surface area contributed by atoms with Gasteiger partial charge in [0.2, 0.25) is 0 Å². The number of hydrogen-bond acceptors (Lipinski definition) is 4. The number of aromatic nitrogens is 3. The number of pyridine rings is 1. The molecule has 0 bridgehead atoms. The van der Waals surface area contributed by atoms with Crippen LogP contribution in [0.2, 0.25) is 0 Å². The van der Waals surface area contributed by atoms with E-state index in [0.717, 1.165) is 30.3 Å². The Balaban J connectivity index is 2.00. The molecule has 0 aliphatic heterocycles. The van der Waals surface area contributed by atoms with E-state index in [1.807, 2.05) is 36.7 Å². The number of likely N-dealkylation sites (N-methyl/N-ethyl adjacent to an activating group) is 1. The monoisotopic (exact) mass is 256 g/mol. The van der Waals surface area contributed by atoms with Gasteiger partial charge in [-0.15, -0.1) is 0 Å². The van der Waals surface area contributed by atoms with Crippen molar-refractivity contribution in [1.82, 2.24) is 15.0 Å². The van der Waals surface area contributed by atoms with Gasteiger partial charge in [-0.2, -0.15) is 0 Å². The van der Waals surface area contributed by atoms with Gasteiger partial charge >= 0.3 is 0 Å². The van der Waals surface area contributed by atoms with Crippen molar-refractivity contribution < 1.29 is 0 Å². The molecule has 0 saturated carbocycles. The van der Waals surface area contributed by atoms with Gasteiger partial charge in [0.1, 0.15) is 11.6 Å². The first kappa shape index (κ1) is 13.5. The van der Waals surface area contributed by atoms with E-state index in [9.17, 15) is 0 Å². The van der Waals surface area contributed by atoms with Crippen LogP contribution in [0.5, 0.6) is 0 Å². The summed E-state index contributed by atoms with van der Waals surface area (Å²) in [7, 11) is 2.05. The third-order valence-corrected chi connectivity index (χ3v) is 3.00. The minimum absolute atomic E-state index is 0.351. The maximum absolute atomic E-state index is 4.58. The molecule has 0 aliphatic carbocycles. The average Bonchev–Trinajstić information content (AvgIpc) is 2.46. The highest BCUT2D eigenvalue weighted by Crippen LogP contribution is 2.13. The number of nitrogens with zero attached hydrogens (tertiary/aromatic N) is 4. The second kappa shape index (κ2) is 6.27. The predicted molar refractivity (Wildman–Crippen MR) is 77.3 cm³/mol. The van der Waals surface area contributed by atoms with Crippen molar-refractivity contribution >= 4 is 5.82 Å². The van der Waals surface area contributed by atoms with E-state index in [1.165, 1.54) is 0 Å². The van der Waals surface area contributed by atoms with E-state index in [0.29, 0.717) is 5.92 Å². The van der Waals surface area contributed by atoms with Crippen molar-refractivity contribution in [1.29, 1.82) is 0 Å². The molecule has 0 saturated heterocycles. The standard InChI is InChI=1S/C15H20N4/c1-12(2)15-17-10-7-14(18-15)19(3)11-8-13-6-4-5-9-16-13/h4-7,9-10,12H,8,11H2,1-3H3. The molecule has 0 unspecified atom stereocenters. The lowest BCUT2D eigenvalue weighted by Crippen LogP contribution is -2.22. The van der Waals surface area contributed by atoms with Crippen LogP contribution < -0.4 is 4.90 Å². The topological polar surface area (TPSA) is 41.9 Å². The maximum Gasteiger partial charge on any atom is 0.133 e. The van der Waals surface area contributed by atoms with Crippen molar-refractivity contribution in [3.05, 3.63) is 48.2 Å². The van der Waals surface area contributed by atoms with Crippen molar-refractivity contribution in [3.8, 4) is 0 Å². The maximum atomic E-state index is 4.58. The van der Waals surface area contributed by atoms with Crippen LogP contribution in [0, 0.1) is 0 Å². The average molecular weight is 256 g/mol. The lowest BCUT2D eigenvalue weighted by molar-refractivity contribution is 0.758. The fraction of sp³-hybridized carbons (Fsp3) is 0.400. The smallest absolute Gasteiger partial charge is 0.133 e. The summed E-state index contributed by atoms with van der Waals surface area (Å²) in [6.45, 7) is 5.10. The van der Waals surface area contributed by atoms with Crippen LogP contribution in [0.15, 0.2) is 36.7 Å². The zero-order valence-electron chi connectivity index (χ0n) is 11.7. The van der Waals surface area contributed by atoms with Gasteiger partial charge in [0.05, 0.1) is 0 Å². The molecule has 0 aromatic carbocycles. The van der Waals surface area contributed by atoms with Gasteiger partial charge in [-0.3, -0.25) is 4.98 Å². The second-order valence-electron chi connectivity index (χ2n) is 4.92. The molecule has 0 radical (unpaired) electrons. The first-order valence-corrected chi connectivity index (χ1v) is 6.61. The van der Waals surface area contributed by atoms with E-state index >= 15 is 0 Å². The van der Waals surface area contributed by atoms with Gasteiger partial charge in [-0.05, 0) is 18.2 Å². The quantitative estimate of drug-likeness (QED) is 0.825. The highest BCUT2D eigenvalue weighted by molar-refractivity contribution is 5.36.